The first kappa shape index (κ1) is 40.3. The van der Waals surface area contributed by atoms with Gasteiger partial charge in [-0.15, -0.1) is 0 Å². The lowest BCUT2D eigenvalue weighted by Gasteiger charge is -2.24. The molecule has 224 valence electrons. The smallest absolute Gasteiger partial charge is 0.410 e. The molecule has 2 fully saturated rings. The molecule has 0 aromatic heterocycles. The molecule has 0 aromatic rings. The Morgan fingerprint density at radius 3 is 1.37 bits per heavy atom. The number of ether oxygens (including phenoxy) is 4. The Kier molecular flexibility index (Phi) is 19.3. The average Bonchev–Trinajstić information content (AvgIpc) is 3.27. The lowest BCUT2D eigenvalue weighted by atomic mass is 10.2. The van der Waals surface area contributed by atoms with Crippen molar-refractivity contribution in [1.29, 1.82) is 0 Å². The molecule has 2 atom stereocenters. The minimum absolute atomic E-state index is 0. The van der Waals surface area contributed by atoms with Gasteiger partial charge in [0.1, 0.15) is 17.3 Å². The van der Waals surface area contributed by atoms with Crippen molar-refractivity contribution in [2.45, 2.75) is 98.6 Å². The number of amides is 2. The number of hydrogen-bond acceptors (Lipinski definition) is 10. The SMILES string of the molecule is CC(=O)OC(C)=O.CC(=O)O[C@H]1CCN(C(=O)OC(C)(C)C)C1.CC(C)(C)OC(=O)N1CC[C@H](O)C1.S.S. The molecule has 2 rings (SSSR count). The molecule has 0 unspecified atom stereocenters. The molecule has 0 spiro atoms. The van der Waals surface area contributed by atoms with Crippen LogP contribution in [0, 0.1) is 0 Å². The monoisotopic (exact) mass is 586 g/mol. The van der Waals surface area contributed by atoms with Gasteiger partial charge in [0.05, 0.1) is 12.6 Å². The van der Waals surface area contributed by atoms with E-state index >= 15 is 0 Å². The average molecular weight is 587 g/mol. The van der Waals surface area contributed by atoms with Crippen LogP contribution in [0.15, 0.2) is 0 Å². The molecule has 2 saturated heterocycles. The van der Waals surface area contributed by atoms with Crippen LogP contribution in [-0.2, 0) is 33.3 Å². The minimum Gasteiger partial charge on any atom is -0.461 e. The Labute approximate surface area is 239 Å². The molecule has 2 amide bonds. The van der Waals surface area contributed by atoms with Gasteiger partial charge >= 0.3 is 30.1 Å². The number of hydrogen-bond donors (Lipinski definition) is 1. The van der Waals surface area contributed by atoms with Gasteiger partial charge < -0.3 is 33.9 Å². The van der Waals surface area contributed by atoms with Crippen molar-refractivity contribution >= 4 is 57.1 Å². The fourth-order valence-corrected chi connectivity index (χ4v) is 2.99. The second-order valence-corrected chi connectivity index (χ2v) is 10.4. The number of β-amino-alcohol motifs (C(OH)–C–C–N with tert-alkyl or cyclic N) is 1. The van der Waals surface area contributed by atoms with E-state index in [0.29, 0.717) is 39.0 Å². The third kappa shape index (κ3) is 20.8. The van der Waals surface area contributed by atoms with E-state index in [0.717, 1.165) is 0 Å². The second kappa shape index (κ2) is 18.2. The normalized spacial score (nSPS) is 18.2. The largest absolute Gasteiger partial charge is 0.461 e. The number of nitrogens with zero attached hydrogens (tertiary/aromatic N) is 2. The Hall–Kier alpha value is -2.19. The number of esters is 3. The summed E-state index contributed by atoms with van der Waals surface area (Å²) < 4.78 is 19.4. The summed E-state index contributed by atoms with van der Waals surface area (Å²) >= 11 is 0. The van der Waals surface area contributed by atoms with Gasteiger partial charge in [-0.25, -0.2) is 9.59 Å². The number of carbonyl (C=O) groups excluding carboxylic acids is 5. The zero-order valence-electron chi connectivity index (χ0n) is 23.9. The van der Waals surface area contributed by atoms with Crippen molar-refractivity contribution < 1.29 is 48.0 Å². The zero-order valence-corrected chi connectivity index (χ0v) is 25.9. The highest BCUT2D eigenvalue weighted by molar-refractivity contribution is 7.59. The third-order valence-electron chi connectivity index (χ3n) is 4.23. The van der Waals surface area contributed by atoms with E-state index in [1.807, 2.05) is 41.5 Å². The lowest BCUT2D eigenvalue weighted by Crippen LogP contribution is -2.36. The topological polar surface area (TPSA) is 149 Å². The van der Waals surface area contributed by atoms with Gasteiger partial charge in [-0.1, -0.05) is 0 Å². The first-order valence-corrected chi connectivity index (χ1v) is 11.8. The van der Waals surface area contributed by atoms with Crippen molar-refractivity contribution in [3.05, 3.63) is 0 Å². The molecule has 2 aliphatic rings. The van der Waals surface area contributed by atoms with Crippen LogP contribution >= 0.6 is 27.0 Å². The summed E-state index contributed by atoms with van der Waals surface area (Å²) in [6.07, 6.45) is 0.0849. The van der Waals surface area contributed by atoms with Crippen molar-refractivity contribution in [2.75, 3.05) is 26.2 Å². The van der Waals surface area contributed by atoms with E-state index in [9.17, 15) is 29.1 Å². The van der Waals surface area contributed by atoms with Crippen LogP contribution in [0.3, 0.4) is 0 Å². The Balaban J connectivity index is -0.000000504. The summed E-state index contributed by atoms with van der Waals surface area (Å²) in [5.41, 5.74) is -0.943. The fraction of sp³-hybridized carbons (Fsp3) is 0.792. The lowest BCUT2D eigenvalue weighted by molar-refractivity contribution is -0.156. The van der Waals surface area contributed by atoms with Gasteiger partial charge in [0.15, 0.2) is 0 Å². The predicted molar refractivity (Wildman–Crippen MR) is 150 cm³/mol. The molecule has 2 heterocycles. The van der Waals surface area contributed by atoms with Crippen LogP contribution in [0.5, 0.6) is 0 Å². The first-order chi connectivity index (χ1) is 16.3. The van der Waals surface area contributed by atoms with Crippen LogP contribution in [-0.4, -0.2) is 94.6 Å². The molecule has 0 saturated carbocycles. The summed E-state index contributed by atoms with van der Waals surface area (Å²) in [5, 5.41) is 9.20. The number of likely N-dealkylation sites (tertiary alicyclic amines) is 2. The van der Waals surface area contributed by atoms with Crippen LogP contribution in [0.25, 0.3) is 0 Å². The quantitative estimate of drug-likeness (QED) is 0.276. The van der Waals surface area contributed by atoms with Crippen LogP contribution in [0.2, 0.25) is 0 Å². The summed E-state index contributed by atoms with van der Waals surface area (Å²) in [6, 6.07) is 0. The van der Waals surface area contributed by atoms with Crippen LogP contribution in [0.1, 0.15) is 75.2 Å². The number of aliphatic hydroxyl groups excluding tert-OH is 1. The van der Waals surface area contributed by atoms with Crippen molar-refractivity contribution in [1.82, 2.24) is 9.80 Å². The van der Waals surface area contributed by atoms with E-state index in [-0.39, 0.29) is 57.4 Å². The summed E-state index contributed by atoms with van der Waals surface area (Å²) in [6.45, 7) is 16.7. The van der Waals surface area contributed by atoms with Crippen LogP contribution < -0.4 is 0 Å². The number of carbonyl (C=O) groups is 5. The highest BCUT2D eigenvalue weighted by Gasteiger charge is 2.31. The van der Waals surface area contributed by atoms with Gasteiger partial charge in [-0.3, -0.25) is 14.4 Å². The maximum Gasteiger partial charge on any atom is 0.410 e. The van der Waals surface area contributed by atoms with E-state index in [1.54, 1.807) is 4.90 Å². The summed E-state index contributed by atoms with van der Waals surface area (Å²) in [7, 11) is 0. The molecule has 0 aliphatic carbocycles. The van der Waals surface area contributed by atoms with Crippen LogP contribution in [0.4, 0.5) is 9.59 Å². The predicted octanol–water partition coefficient (Wildman–Crippen LogP) is 2.87. The van der Waals surface area contributed by atoms with Gasteiger partial charge in [-0.05, 0) is 48.0 Å². The molecule has 0 bridgehead atoms. The Bertz CT molecular complexity index is 769. The highest BCUT2D eigenvalue weighted by Crippen LogP contribution is 2.17. The highest BCUT2D eigenvalue weighted by atomic mass is 32.1. The molecule has 38 heavy (non-hydrogen) atoms. The molecule has 2 aliphatic heterocycles. The van der Waals surface area contributed by atoms with Gasteiger partial charge in [0.25, 0.3) is 0 Å². The third-order valence-corrected chi connectivity index (χ3v) is 4.23. The fourth-order valence-electron chi connectivity index (χ4n) is 2.99. The van der Waals surface area contributed by atoms with Gasteiger partial charge in [0.2, 0.25) is 0 Å². The van der Waals surface area contributed by atoms with Crippen molar-refractivity contribution in [3.8, 4) is 0 Å². The first-order valence-electron chi connectivity index (χ1n) is 11.8. The van der Waals surface area contributed by atoms with E-state index in [2.05, 4.69) is 4.74 Å². The number of aliphatic hydroxyl groups is 1. The van der Waals surface area contributed by atoms with E-state index in [1.165, 1.54) is 25.7 Å². The molecule has 12 nitrogen and oxygen atoms in total. The molecular formula is C24H46N2O10S2. The molecule has 0 aromatic carbocycles. The minimum atomic E-state index is -0.562. The van der Waals surface area contributed by atoms with Crippen molar-refractivity contribution in [2.24, 2.45) is 0 Å². The van der Waals surface area contributed by atoms with Gasteiger partial charge in [0, 0.05) is 46.8 Å². The Morgan fingerprint density at radius 2 is 1.08 bits per heavy atom. The molecular weight excluding hydrogens is 540 g/mol. The maximum atomic E-state index is 11.7. The standard InChI is InChI=1S/C11H19NO4.C9H17NO3.C4H6O3.2H2S/c1-8(13)15-9-5-6-12(7-9)10(14)16-11(2,3)4;1-9(2,3)13-8(12)10-5-4-7(11)6-10;1-3(5)7-4(2)6;;/h9H,5-7H2,1-4H3;7,11H,4-6H2,1-3H3;1-2H3;2*1H2/t9-;7-;;;/m00.../s1. The maximum absolute atomic E-state index is 11.7. The number of rotatable bonds is 1. The van der Waals surface area contributed by atoms with E-state index < -0.39 is 23.1 Å². The van der Waals surface area contributed by atoms with Gasteiger partial charge in [-0.2, -0.15) is 27.0 Å². The zero-order chi connectivity index (χ0) is 28.3. The Morgan fingerprint density at radius 1 is 0.684 bits per heavy atom. The molecule has 1 N–H and O–H groups in total. The summed E-state index contributed by atoms with van der Waals surface area (Å²) in [4.78, 5) is 56.5. The molecule has 14 heteroatoms. The molecule has 0 radical (unpaired) electrons. The van der Waals surface area contributed by atoms with Crippen molar-refractivity contribution in [3.63, 3.8) is 0 Å². The summed E-state index contributed by atoms with van der Waals surface area (Å²) in [5.74, 6) is -1.43. The van der Waals surface area contributed by atoms with E-state index in [4.69, 9.17) is 14.2 Å². The second-order valence-electron chi connectivity index (χ2n) is 10.4.